The lowest BCUT2D eigenvalue weighted by atomic mass is 10.0. The van der Waals surface area contributed by atoms with E-state index in [1.54, 1.807) is 0 Å². The summed E-state index contributed by atoms with van der Waals surface area (Å²) in [5, 5.41) is 7.60. The first-order chi connectivity index (χ1) is 11.7. The summed E-state index contributed by atoms with van der Waals surface area (Å²) < 4.78 is 0. The van der Waals surface area contributed by atoms with E-state index in [0.29, 0.717) is 0 Å². The molecular formula is C21H43NO2. The zero-order valence-electron chi connectivity index (χ0n) is 16.2. The summed E-state index contributed by atoms with van der Waals surface area (Å²) in [6.45, 7) is 6.12. The molecule has 0 amide bonds. The number of aliphatic carboxylic acids is 1. The topological polar surface area (TPSA) is 63.3 Å². The Bertz CT molecular complexity index is 238. The molecule has 0 heterocycles. The molecular weight excluding hydrogens is 298 g/mol. The molecule has 0 aliphatic carbocycles. The molecule has 3 heteroatoms. The highest BCUT2D eigenvalue weighted by Crippen LogP contribution is 2.13. The van der Waals surface area contributed by atoms with Crippen molar-refractivity contribution in [3.63, 3.8) is 0 Å². The van der Waals surface area contributed by atoms with E-state index in [-0.39, 0.29) is 0 Å². The second kappa shape index (κ2) is 24.4. The predicted molar refractivity (Wildman–Crippen MR) is 106 cm³/mol. The summed E-state index contributed by atoms with van der Waals surface area (Å²) in [6.07, 6.45) is 23.7. The van der Waals surface area contributed by atoms with Crippen LogP contribution in [0.1, 0.15) is 110 Å². The third-order valence-electron chi connectivity index (χ3n) is 4.23. The minimum atomic E-state index is -0.981. The Morgan fingerprint density at radius 1 is 0.750 bits per heavy atom. The van der Waals surface area contributed by atoms with Gasteiger partial charge in [0.2, 0.25) is 0 Å². The van der Waals surface area contributed by atoms with Crippen molar-refractivity contribution in [2.45, 2.75) is 110 Å². The van der Waals surface area contributed by atoms with Gasteiger partial charge in [-0.05, 0) is 13.0 Å². The molecule has 0 unspecified atom stereocenters. The number of rotatable bonds is 17. The maximum Gasteiger partial charge on any atom is 0.327 e. The van der Waals surface area contributed by atoms with Crippen LogP contribution in [0.2, 0.25) is 0 Å². The van der Waals surface area contributed by atoms with Crippen molar-refractivity contribution in [3.8, 4) is 0 Å². The Labute approximate surface area is 151 Å². The molecule has 3 N–H and O–H groups in total. The molecule has 0 aromatic heterocycles. The van der Waals surface area contributed by atoms with Crippen LogP contribution in [0.25, 0.3) is 0 Å². The summed E-state index contributed by atoms with van der Waals surface area (Å²) >= 11 is 0. The zero-order chi connectivity index (χ0) is 18.3. The summed E-state index contributed by atoms with van der Waals surface area (Å²) in [4.78, 5) is 9.25. The lowest BCUT2D eigenvalue weighted by Gasteiger charge is -2.03. The Morgan fingerprint density at radius 2 is 1.00 bits per heavy atom. The Balaban J connectivity index is 0. The second-order valence-electron chi connectivity index (χ2n) is 6.63. The lowest BCUT2D eigenvalue weighted by Crippen LogP contribution is -1.97. The Hall–Kier alpha value is -0.830. The number of nitrogens with two attached hydrogens (primary N) is 1. The van der Waals surface area contributed by atoms with E-state index < -0.39 is 5.97 Å². The fraction of sp³-hybridized carbons (Fsp3) is 0.857. The number of unbranched alkanes of at least 4 members (excludes halogenated alkanes) is 15. The summed E-state index contributed by atoms with van der Waals surface area (Å²) in [6, 6.07) is 0. The van der Waals surface area contributed by atoms with Gasteiger partial charge in [0.1, 0.15) is 0 Å². The first-order valence-corrected chi connectivity index (χ1v) is 10.2. The van der Waals surface area contributed by atoms with Crippen molar-refractivity contribution < 1.29 is 9.90 Å². The number of hydrogen-bond donors (Lipinski definition) is 2. The normalized spacial score (nSPS) is 10.1. The summed E-state index contributed by atoms with van der Waals surface area (Å²) in [5.41, 5.74) is 5.48. The monoisotopic (exact) mass is 341 g/mol. The van der Waals surface area contributed by atoms with Crippen molar-refractivity contribution in [3.05, 3.63) is 12.7 Å². The molecule has 0 aromatic carbocycles. The van der Waals surface area contributed by atoms with Gasteiger partial charge < -0.3 is 10.8 Å². The van der Waals surface area contributed by atoms with E-state index in [9.17, 15) is 4.79 Å². The molecule has 0 fully saturated rings. The third-order valence-corrected chi connectivity index (χ3v) is 4.23. The lowest BCUT2D eigenvalue weighted by molar-refractivity contribution is -0.131. The molecule has 0 bridgehead atoms. The second-order valence-corrected chi connectivity index (χ2v) is 6.63. The van der Waals surface area contributed by atoms with Gasteiger partial charge in [0.25, 0.3) is 0 Å². The van der Waals surface area contributed by atoms with Crippen LogP contribution < -0.4 is 5.73 Å². The van der Waals surface area contributed by atoms with Crippen LogP contribution in [-0.2, 0) is 4.79 Å². The Kier molecular flexibility index (Phi) is 25.9. The first-order valence-electron chi connectivity index (χ1n) is 10.2. The van der Waals surface area contributed by atoms with Gasteiger partial charge in [0.05, 0.1) is 0 Å². The van der Waals surface area contributed by atoms with E-state index in [1.807, 2.05) is 0 Å². The molecule has 3 nitrogen and oxygen atoms in total. The first kappa shape index (κ1) is 25.4. The van der Waals surface area contributed by atoms with Crippen LogP contribution >= 0.6 is 0 Å². The average molecular weight is 342 g/mol. The largest absolute Gasteiger partial charge is 0.478 e. The van der Waals surface area contributed by atoms with Gasteiger partial charge in [-0.2, -0.15) is 0 Å². The van der Waals surface area contributed by atoms with Gasteiger partial charge in [-0.25, -0.2) is 4.79 Å². The van der Waals surface area contributed by atoms with Gasteiger partial charge in [0.15, 0.2) is 0 Å². The van der Waals surface area contributed by atoms with Gasteiger partial charge in [0, 0.05) is 6.08 Å². The highest BCUT2D eigenvalue weighted by atomic mass is 16.4. The molecule has 0 aromatic rings. The van der Waals surface area contributed by atoms with E-state index in [0.717, 1.165) is 12.6 Å². The molecule has 0 rings (SSSR count). The number of carboxylic acid groups (broad SMARTS) is 1. The molecule has 0 saturated heterocycles. The fourth-order valence-electron chi connectivity index (χ4n) is 2.69. The standard InChI is InChI=1S/C18H39N.C3H4O2/c1-2-3-4-5-6-7-8-9-10-11-12-13-14-15-16-17-18-19;1-2-3(4)5/h2-19H2,1H3;2H,1H2,(H,4,5). The van der Waals surface area contributed by atoms with E-state index >= 15 is 0 Å². The smallest absolute Gasteiger partial charge is 0.327 e. The van der Waals surface area contributed by atoms with E-state index in [2.05, 4.69) is 13.5 Å². The van der Waals surface area contributed by atoms with Gasteiger partial charge in [-0.1, -0.05) is 110 Å². The van der Waals surface area contributed by atoms with E-state index in [4.69, 9.17) is 10.8 Å². The minimum absolute atomic E-state index is 0.833. The number of hydrogen-bond acceptors (Lipinski definition) is 2. The molecule has 0 aliphatic heterocycles. The molecule has 0 atom stereocenters. The summed E-state index contributed by atoms with van der Waals surface area (Å²) in [5.74, 6) is -0.981. The maximum atomic E-state index is 9.25. The Morgan fingerprint density at radius 3 is 1.21 bits per heavy atom. The van der Waals surface area contributed by atoms with Crippen molar-refractivity contribution >= 4 is 5.97 Å². The van der Waals surface area contributed by atoms with Crippen LogP contribution in [-0.4, -0.2) is 17.6 Å². The van der Waals surface area contributed by atoms with Gasteiger partial charge in [-0.15, -0.1) is 0 Å². The highest BCUT2D eigenvalue weighted by Gasteiger charge is 1.94. The fourth-order valence-corrected chi connectivity index (χ4v) is 2.69. The van der Waals surface area contributed by atoms with Crippen LogP contribution in [0.4, 0.5) is 0 Å². The average Bonchev–Trinajstić information content (AvgIpc) is 2.59. The van der Waals surface area contributed by atoms with Crippen molar-refractivity contribution in [2.24, 2.45) is 5.73 Å². The van der Waals surface area contributed by atoms with Crippen molar-refractivity contribution in [1.82, 2.24) is 0 Å². The molecule has 0 saturated carbocycles. The predicted octanol–water partition coefficient (Wildman–Crippen LogP) is 6.46. The SMILES string of the molecule is C=CC(=O)O.CCCCCCCCCCCCCCCCCCN. The van der Waals surface area contributed by atoms with Gasteiger partial charge in [-0.3, -0.25) is 0 Å². The van der Waals surface area contributed by atoms with Crippen molar-refractivity contribution in [2.75, 3.05) is 6.54 Å². The zero-order valence-corrected chi connectivity index (χ0v) is 16.2. The molecule has 144 valence electrons. The minimum Gasteiger partial charge on any atom is -0.478 e. The van der Waals surface area contributed by atoms with Crippen LogP contribution in [0, 0.1) is 0 Å². The third kappa shape index (κ3) is 29.2. The number of carboxylic acids is 1. The number of carbonyl (C=O) groups is 1. The highest BCUT2D eigenvalue weighted by molar-refractivity contribution is 5.78. The quantitative estimate of drug-likeness (QED) is 0.235. The van der Waals surface area contributed by atoms with Crippen LogP contribution in [0.5, 0.6) is 0 Å². The molecule has 0 spiro atoms. The molecule has 0 aliphatic rings. The summed E-state index contributed by atoms with van der Waals surface area (Å²) in [7, 11) is 0. The molecule has 24 heavy (non-hydrogen) atoms. The van der Waals surface area contributed by atoms with Gasteiger partial charge >= 0.3 is 5.97 Å². The van der Waals surface area contributed by atoms with Crippen molar-refractivity contribution in [1.29, 1.82) is 0 Å². The maximum absolute atomic E-state index is 9.25. The van der Waals surface area contributed by atoms with Crippen LogP contribution in [0.15, 0.2) is 12.7 Å². The van der Waals surface area contributed by atoms with Crippen LogP contribution in [0.3, 0.4) is 0 Å². The molecule has 0 radical (unpaired) electrons. The van der Waals surface area contributed by atoms with E-state index in [1.165, 1.54) is 103 Å².